The lowest BCUT2D eigenvalue weighted by Gasteiger charge is -2.23. The first-order chi connectivity index (χ1) is 61.2. The smallest absolute Gasteiger partial charge is 0.00199 e. The van der Waals surface area contributed by atoms with E-state index in [-0.39, 0.29) is 10.8 Å². The number of fused-ring (bicyclic) bond motifs is 8. The fourth-order valence-corrected chi connectivity index (χ4v) is 22.8. The van der Waals surface area contributed by atoms with Gasteiger partial charge in [-0.15, -0.1) is 0 Å². The van der Waals surface area contributed by atoms with Crippen LogP contribution in [0.3, 0.4) is 0 Å². The van der Waals surface area contributed by atoms with E-state index in [1.165, 1.54) is 317 Å². The van der Waals surface area contributed by atoms with Gasteiger partial charge in [0.05, 0.1) is 0 Å². The zero-order valence-corrected chi connectivity index (χ0v) is 78.6. The summed E-state index contributed by atoms with van der Waals surface area (Å²) in [4.78, 5) is 0. The van der Waals surface area contributed by atoms with Crippen molar-refractivity contribution in [2.24, 2.45) is 0 Å². The van der Waals surface area contributed by atoms with Gasteiger partial charge in [-0.25, -0.2) is 0 Å². The predicted octanol–water partition coefficient (Wildman–Crippen LogP) is 37.1. The van der Waals surface area contributed by atoms with Crippen LogP contribution in [-0.2, 0) is 10.8 Å². The topological polar surface area (TPSA) is 0 Å². The zero-order valence-electron chi connectivity index (χ0n) is 78.6. The lowest BCUT2D eigenvalue weighted by molar-refractivity contribution is 0.591. The van der Waals surface area contributed by atoms with Crippen LogP contribution in [0.2, 0.25) is 0 Å². The van der Waals surface area contributed by atoms with Crippen molar-refractivity contribution in [2.45, 2.75) is 163 Å². The van der Waals surface area contributed by atoms with Crippen molar-refractivity contribution in [3.05, 3.63) is 379 Å². The molecule has 128 heavy (non-hydrogen) atoms. The molecule has 24 rings (SSSR count). The van der Waals surface area contributed by atoms with Gasteiger partial charge in [-0.2, -0.15) is 0 Å². The molecule has 0 saturated carbocycles. The van der Waals surface area contributed by atoms with Crippen molar-refractivity contribution in [3.63, 3.8) is 0 Å². The van der Waals surface area contributed by atoms with Crippen LogP contribution in [0, 0.1) is 111 Å². The third-order valence-corrected chi connectivity index (χ3v) is 28.4. The largest absolute Gasteiger partial charge is 0.0610 e. The minimum Gasteiger partial charge on any atom is -0.0610 e. The maximum absolute atomic E-state index is 2.46. The van der Waals surface area contributed by atoms with Gasteiger partial charge in [0.2, 0.25) is 0 Å². The van der Waals surface area contributed by atoms with E-state index in [0.29, 0.717) is 0 Å². The van der Waals surface area contributed by atoms with Crippen molar-refractivity contribution >= 4 is 172 Å². The molecular weight excluding hydrogens is 1540 g/mol. The van der Waals surface area contributed by atoms with Crippen LogP contribution >= 0.6 is 0 Å². The van der Waals surface area contributed by atoms with Crippen LogP contribution in [0.4, 0.5) is 0 Å². The van der Waals surface area contributed by atoms with Crippen LogP contribution in [0.5, 0.6) is 0 Å². The predicted molar refractivity (Wildman–Crippen MR) is 566 cm³/mol. The highest BCUT2D eigenvalue weighted by molar-refractivity contribution is 6.39. The van der Waals surface area contributed by atoms with Gasteiger partial charge in [-0.3, -0.25) is 0 Å². The molecule has 0 heteroatoms. The number of aryl methyl sites for hydroxylation is 16. The first-order valence-electron chi connectivity index (χ1n) is 46.1. The van der Waals surface area contributed by atoms with Crippen molar-refractivity contribution in [3.8, 4) is 44.5 Å². The van der Waals surface area contributed by atoms with E-state index in [4.69, 9.17) is 0 Å². The van der Waals surface area contributed by atoms with Crippen LogP contribution in [0.15, 0.2) is 279 Å². The first kappa shape index (κ1) is 81.5. The van der Waals surface area contributed by atoms with E-state index in [2.05, 4.69) is 431 Å². The number of hydrogen-bond donors (Lipinski definition) is 0. The Kier molecular flexibility index (Phi) is 19.2. The molecule has 0 heterocycles. The first-order valence-corrected chi connectivity index (χ1v) is 46.1. The standard InChI is InChI=1S/2C34H32.2C30H24/c1-19-12-20(2)14-23(13-19)25-10-11-27-31-18-24(34(5,6)7)17-28-22(4)8-9-26(32(28)31)30-16-21(3)15-29(25)33(27)30;1-19-12-20(2)14-23(13-19)25-10-11-27-26-9-8-22(4)28-17-24(34(5,6)7)18-31(32(26)28)30-16-21(3)15-29(25)33(27)30;1-17-12-18(2)14-21(13-17)23-10-11-25-24-7-5-6-22-20(4)8-9-26(29(22)24)28-16-19(3)15-27(23)30(25)28;1-17-12-18(2)14-21(13-17)23-10-11-26-25-9-8-20(4)22-6-5-7-24(29(22)25)28-16-19(3)15-27(23)30(26)28/h2*8-18H,1-7H3;2*5-16H,1-4H3. The van der Waals surface area contributed by atoms with Gasteiger partial charge in [0, 0.05) is 0 Å². The molecule has 0 saturated heterocycles. The highest BCUT2D eigenvalue weighted by Gasteiger charge is 2.27. The van der Waals surface area contributed by atoms with E-state index in [9.17, 15) is 0 Å². The van der Waals surface area contributed by atoms with E-state index in [0.717, 1.165) is 0 Å². The highest BCUT2D eigenvalue weighted by Crippen LogP contribution is 2.52. The normalized spacial score (nSPS) is 12.3. The molecule has 624 valence electrons. The fraction of sp³-hybridized carbons (Fsp3) is 0.188. The van der Waals surface area contributed by atoms with Crippen LogP contribution in [0.1, 0.15) is 142 Å². The molecule has 0 bridgehead atoms. The summed E-state index contributed by atoms with van der Waals surface area (Å²) in [5.41, 5.74) is 34.7. The summed E-state index contributed by atoms with van der Waals surface area (Å²) in [6.07, 6.45) is 0. The summed E-state index contributed by atoms with van der Waals surface area (Å²) in [5.74, 6) is 0. The molecule has 0 N–H and O–H groups in total. The molecule has 0 aliphatic rings. The Balaban J connectivity index is 0.000000104. The number of benzene rings is 24. The van der Waals surface area contributed by atoms with Gasteiger partial charge >= 0.3 is 0 Å². The van der Waals surface area contributed by atoms with Gasteiger partial charge < -0.3 is 0 Å². The second-order valence-corrected chi connectivity index (χ2v) is 40.7. The summed E-state index contributed by atoms with van der Waals surface area (Å²) in [7, 11) is 0. The lowest BCUT2D eigenvalue weighted by atomic mass is 9.80. The molecule has 0 radical (unpaired) electrons. The SMILES string of the molecule is Cc1cc(C)cc(-c2ccc3c4cc(C(C)(C)C)cc5c(C)ccc(c6cc(C)cc2c36)c54)c1.Cc1cc(C)cc(-c2ccc3c4ccc(C)c5cc(C(C)(C)C)cc(c6cc(C)cc2c36)c54)c1.Cc1cc(C)cc(-c2ccc3c4ccc(C)c5cccc(c6cc(C)cc2c36)c54)c1.Cc1cc(C)cc(-c2ccc3c4cccc5c(C)ccc(c6cc(C)cc2c36)c54)c1. The van der Waals surface area contributed by atoms with Crippen LogP contribution in [-0.4, -0.2) is 0 Å². The fourth-order valence-electron chi connectivity index (χ4n) is 22.8. The quantitative estimate of drug-likeness (QED) is 0.122. The molecule has 0 aliphatic carbocycles. The monoisotopic (exact) mass is 1650 g/mol. The summed E-state index contributed by atoms with van der Waals surface area (Å²) in [6, 6.07) is 107. The Morgan fingerprint density at radius 2 is 0.297 bits per heavy atom. The van der Waals surface area contributed by atoms with Gasteiger partial charge in [0.25, 0.3) is 0 Å². The molecular formula is C128H112. The molecule has 0 atom stereocenters. The third-order valence-electron chi connectivity index (χ3n) is 28.4. The maximum atomic E-state index is 2.46. The average molecular weight is 1650 g/mol. The van der Waals surface area contributed by atoms with Crippen LogP contribution in [0.25, 0.3) is 217 Å². The van der Waals surface area contributed by atoms with Crippen molar-refractivity contribution in [2.75, 3.05) is 0 Å². The average Bonchev–Trinajstić information content (AvgIpc) is 0.716. The van der Waals surface area contributed by atoms with E-state index in [1.54, 1.807) is 0 Å². The van der Waals surface area contributed by atoms with Crippen molar-refractivity contribution < 1.29 is 0 Å². The molecule has 24 aromatic rings. The van der Waals surface area contributed by atoms with Crippen molar-refractivity contribution in [1.29, 1.82) is 0 Å². The third kappa shape index (κ3) is 13.4. The van der Waals surface area contributed by atoms with E-state index in [1.807, 2.05) is 0 Å². The Hall–Kier alpha value is -13.5. The Labute approximate surface area is 753 Å². The van der Waals surface area contributed by atoms with Gasteiger partial charge in [0.15, 0.2) is 0 Å². The maximum Gasteiger partial charge on any atom is -0.00199 e. The number of rotatable bonds is 4. The van der Waals surface area contributed by atoms with Crippen LogP contribution < -0.4 is 0 Å². The van der Waals surface area contributed by atoms with Gasteiger partial charge in [0.1, 0.15) is 0 Å². The molecule has 0 aliphatic heterocycles. The van der Waals surface area contributed by atoms with Crippen molar-refractivity contribution in [1.82, 2.24) is 0 Å². The molecule has 0 fully saturated rings. The second kappa shape index (κ2) is 30.1. The zero-order chi connectivity index (χ0) is 89.0. The molecule has 0 nitrogen and oxygen atoms in total. The minimum atomic E-state index is 0.0945. The van der Waals surface area contributed by atoms with Gasteiger partial charge in [-0.1, -0.05) is 353 Å². The lowest BCUT2D eigenvalue weighted by Crippen LogP contribution is -2.11. The summed E-state index contributed by atoms with van der Waals surface area (Å²) in [5, 5.41) is 44.0. The molecule has 0 aromatic heterocycles. The van der Waals surface area contributed by atoms with E-state index < -0.39 is 0 Å². The molecule has 24 aromatic carbocycles. The molecule has 0 unspecified atom stereocenters. The molecule has 0 spiro atoms. The summed E-state index contributed by atoms with van der Waals surface area (Å²) < 4.78 is 0. The Morgan fingerprint density at radius 1 is 0.133 bits per heavy atom. The molecule has 0 amide bonds. The second-order valence-electron chi connectivity index (χ2n) is 40.7. The minimum absolute atomic E-state index is 0.0945. The van der Waals surface area contributed by atoms with E-state index >= 15 is 0 Å². The number of hydrogen-bond acceptors (Lipinski definition) is 0. The Morgan fingerprint density at radius 3 is 0.562 bits per heavy atom. The van der Waals surface area contributed by atoms with Gasteiger partial charge in [-0.05, 0) is 406 Å². The summed E-state index contributed by atoms with van der Waals surface area (Å²) in [6.45, 7) is 49.3. The Bertz CT molecular complexity index is 8430. The summed E-state index contributed by atoms with van der Waals surface area (Å²) >= 11 is 0. The highest BCUT2D eigenvalue weighted by atomic mass is 14.3.